The Labute approximate surface area is 127 Å². The van der Waals surface area contributed by atoms with Crippen LogP contribution in [-0.2, 0) is 4.79 Å². The highest BCUT2D eigenvalue weighted by atomic mass is 35.5. The van der Waals surface area contributed by atoms with Gasteiger partial charge >= 0.3 is 5.69 Å². The van der Waals surface area contributed by atoms with Gasteiger partial charge < -0.3 is 10.2 Å². The first-order chi connectivity index (χ1) is 9.88. The van der Waals surface area contributed by atoms with Crippen molar-refractivity contribution in [2.75, 3.05) is 20.1 Å². The van der Waals surface area contributed by atoms with Crippen molar-refractivity contribution in [2.45, 2.75) is 13.3 Å². The Morgan fingerprint density at radius 1 is 1.43 bits per heavy atom. The summed E-state index contributed by atoms with van der Waals surface area (Å²) in [5.74, 6) is -0.951. The first kappa shape index (κ1) is 16.9. The summed E-state index contributed by atoms with van der Waals surface area (Å²) in [4.78, 5) is 35.2. The van der Waals surface area contributed by atoms with Crippen LogP contribution in [0.4, 0.5) is 5.69 Å². The number of rotatable bonds is 6. The summed E-state index contributed by atoms with van der Waals surface area (Å²) in [6.07, 6.45) is 0.781. The fourth-order valence-electron chi connectivity index (χ4n) is 1.69. The van der Waals surface area contributed by atoms with E-state index in [0.29, 0.717) is 6.54 Å². The number of carbonyl (C=O) groups excluding carboxylic acids is 2. The molecule has 0 saturated carbocycles. The molecule has 0 aliphatic rings. The highest BCUT2D eigenvalue weighted by molar-refractivity contribution is 6.33. The SMILES string of the molecule is CCCNC(=O)CN(C)C(=O)c1cccc(Cl)c1[N+](=O)[O-]. The van der Waals surface area contributed by atoms with Gasteiger partial charge in [0.15, 0.2) is 0 Å². The van der Waals surface area contributed by atoms with Gasteiger partial charge in [-0.25, -0.2) is 0 Å². The number of carbonyl (C=O) groups is 2. The molecular weight excluding hydrogens is 298 g/mol. The first-order valence-electron chi connectivity index (χ1n) is 6.33. The monoisotopic (exact) mass is 313 g/mol. The van der Waals surface area contributed by atoms with Crippen molar-refractivity contribution in [3.8, 4) is 0 Å². The molecule has 1 rings (SSSR count). The smallest absolute Gasteiger partial charge is 0.300 e. The lowest BCUT2D eigenvalue weighted by Gasteiger charge is -2.17. The van der Waals surface area contributed by atoms with E-state index in [1.54, 1.807) is 0 Å². The summed E-state index contributed by atoms with van der Waals surface area (Å²) in [6.45, 7) is 2.24. The molecule has 7 nitrogen and oxygen atoms in total. The van der Waals surface area contributed by atoms with E-state index in [-0.39, 0.29) is 23.0 Å². The van der Waals surface area contributed by atoms with Crippen molar-refractivity contribution in [1.29, 1.82) is 0 Å². The first-order valence-corrected chi connectivity index (χ1v) is 6.71. The molecule has 1 N–H and O–H groups in total. The zero-order valence-electron chi connectivity index (χ0n) is 11.8. The molecule has 0 aliphatic carbocycles. The number of nitrogens with zero attached hydrogens (tertiary/aromatic N) is 2. The van der Waals surface area contributed by atoms with Crippen LogP contribution >= 0.6 is 11.6 Å². The van der Waals surface area contributed by atoms with Gasteiger partial charge in [0.25, 0.3) is 5.91 Å². The molecule has 0 atom stereocenters. The van der Waals surface area contributed by atoms with Crippen LogP contribution in [0.5, 0.6) is 0 Å². The molecule has 114 valence electrons. The largest absolute Gasteiger partial charge is 0.355 e. The third-order valence-electron chi connectivity index (χ3n) is 2.70. The maximum Gasteiger partial charge on any atom is 0.300 e. The lowest BCUT2D eigenvalue weighted by molar-refractivity contribution is -0.385. The second-order valence-corrected chi connectivity index (χ2v) is 4.81. The summed E-state index contributed by atoms with van der Waals surface area (Å²) in [5, 5.41) is 13.5. The second-order valence-electron chi connectivity index (χ2n) is 4.40. The van der Waals surface area contributed by atoms with E-state index in [0.717, 1.165) is 11.3 Å². The number of nitro groups is 1. The van der Waals surface area contributed by atoms with Crippen LogP contribution in [0, 0.1) is 10.1 Å². The molecule has 1 aromatic rings. The molecule has 2 amide bonds. The molecule has 0 aliphatic heterocycles. The zero-order chi connectivity index (χ0) is 16.0. The van der Waals surface area contributed by atoms with E-state index in [9.17, 15) is 19.7 Å². The summed E-state index contributed by atoms with van der Waals surface area (Å²) >= 11 is 5.76. The van der Waals surface area contributed by atoms with Crippen LogP contribution in [0.15, 0.2) is 18.2 Å². The number of hydrogen-bond donors (Lipinski definition) is 1. The summed E-state index contributed by atoms with van der Waals surface area (Å²) in [5.41, 5.74) is -0.594. The quantitative estimate of drug-likeness (QED) is 0.640. The molecular formula is C13H16ClN3O4. The Morgan fingerprint density at radius 2 is 2.10 bits per heavy atom. The van der Waals surface area contributed by atoms with Gasteiger partial charge in [-0.15, -0.1) is 0 Å². The molecule has 0 unspecified atom stereocenters. The van der Waals surface area contributed by atoms with Crippen molar-refractivity contribution >= 4 is 29.1 Å². The van der Waals surface area contributed by atoms with E-state index < -0.39 is 16.5 Å². The Bertz CT molecular complexity index is 562. The number of nitrogens with one attached hydrogen (secondary N) is 1. The number of amides is 2. The number of halogens is 1. The minimum atomic E-state index is -0.708. The molecule has 0 spiro atoms. The van der Waals surface area contributed by atoms with E-state index in [1.807, 2.05) is 6.92 Å². The normalized spacial score (nSPS) is 10.0. The standard InChI is InChI=1S/C13H16ClN3O4/c1-3-7-15-11(18)8-16(2)13(19)9-5-4-6-10(14)12(9)17(20)21/h4-6H,3,7-8H2,1-2H3,(H,15,18). The van der Waals surface area contributed by atoms with Crippen molar-refractivity contribution in [3.05, 3.63) is 38.9 Å². The molecule has 0 fully saturated rings. The van der Waals surface area contributed by atoms with E-state index >= 15 is 0 Å². The van der Waals surface area contributed by atoms with Gasteiger partial charge in [-0.05, 0) is 18.6 Å². The van der Waals surface area contributed by atoms with Crippen LogP contribution in [0.25, 0.3) is 0 Å². The summed E-state index contributed by atoms with van der Waals surface area (Å²) < 4.78 is 0. The minimum Gasteiger partial charge on any atom is -0.355 e. The maximum absolute atomic E-state index is 12.2. The van der Waals surface area contributed by atoms with Crippen molar-refractivity contribution in [3.63, 3.8) is 0 Å². The molecule has 0 aromatic heterocycles. The van der Waals surface area contributed by atoms with E-state index in [1.165, 1.54) is 25.2 Å². The van der Waals surface area contributed by atoms with Crippen molar-refractivity contribution in [2.24, 2.45) is 0 Å². The number of likely N-dealkylation sites (N-methyl/N-ethyl adjacent to an activating group) is 1. The Hall–Kier alpha value is -2.15. The third kappa shape index (κ3) is 4.42. The predicted molar refractivity (Wildman–Crippen MR) is 78.4 cm³/mol. The van der Waals surface area contributed by atoms with Crippen LogP contribution in [-0.4, -0.2) is 41.8 Å². The Kier molecular flexibility index (Phi) is 6.10. The number of para-hydroxylation sites is 1. The van der Waals surface area contributed by atoms with Gasteiger partial charge in [0.2, 0.25) is 5.91 Å². The lowest BCUT2D eigenvalue weighted by Crippen LogP contribution is -2.38. The Morgan fingerprint density at radius 3 is 2.67 bits per heavy atom. The highest BCUT2D eigenvalue weighted by Crippen LogP contribution is 2.28. The molecule has 8 heteroatoms. The number of hydrogen-bond acceptors (Lipinski definition) is 4. The molecule has 0 radical (unpaired) electrons. The van der Waals surface area contributed by atoms with Crippen LogP contribution in [0.1, 0.15) is 23.7 Å². The molecule has 0 heterocycles. The average Bonchev–Trinajstić information content (AvgIpc) is 2.43. The lowest BCUT2D eigenvalue weighted by atomic mass is 10.1. The predicted octanol–water partition coefficient (Wildman–Crippen LogP) is 1.85. The summed E-state index contributed by atoms with van der Waals surface area (Å²) in [7, 11) is 1.40. The van der Waals surface area contributed by atoms with E-state index in [2.05, 4.69) is 5.32 Å². The molecule has 21 heavy (non-hydrogen) atoms. The van der Waals surface area contributed by atoms with Crippen LogP contribution in [0.3, 0.4) is 0 Å². The number of nitro benzene ring substituents is 1. The molecule has 0 saturated heterocycles. The Balaban J connectivity index is 2.91. The van der Waals surface area contributed by atoms with Gasteiger partial charge in [0.05, 0.1) is 11.5 Å². The number of benzene rings is 1. The van der Waals surface area contributed by atoms with Gasteiger partial charge in [0.1, 0.15) is 10.6 Å². The highest BCUT2D eigenvalue weighted by Gasteiger charge is 2.26. The van der Waals surface area contributed by atoms with Crippen molar-refractivity contribution in [1.82, 2.24) is 10.2 Å². The third-order valence-corrected chi connectivity index (χ3v) is 3.00. The van der Waals surface area contributed by atoms with E-state index in [4.69, 9.17) is 11.6 Å². The second kappa shape index (κ2) is 7.58. The topological polar surface area (TPSA) is 92.6 Å². The fourth-order valence-corrected chi connectivity index (χ4v) is 1.93. The minimum absolute atomic E-state index is 0.116. The molecule has 0 bridgehead atoms. The van der Waals surface area contributed by atoms with Crippen LogP contribution < -0.4 is 5.32 Å². The van der Waals surface area contributed by atoms with Crippen LogP contribution in [0.2, 0.25) is 5.02 Å². The fraction of sp³-hybridized carbons (Fsp3) is 0.385. The van der Waals surface area contributed by atoms with Gasteiger partial charge in [0, 0.05) is 13.6 Å². The van der Waals surface area contributed by atoms with Gasteiger partial charge in [-0.2, -0.15) is 0 Å². The van der Waals surface area contributed by atoms with Gasteiger partial charge in [-0.1, -0.05) is 24.6 Å². The van der Waals surface area contributed by atoms with Crippen molar-refractivity contribution < 1.29 is 14.5 Å². The van der Waals surface area contributed by atoms with Gasteiger partial charge in [-0.3, -0.25) is 19.7 Å². The maximum atomic E-state index is 12.2. The molecule has 1 aromatic carbocycles. The average molecular weight is 314 g/mol. The summed E-state index contributed by atoms with van der Waals surface area (Å²) in [6, 6.07) is 4.10. The zero-order valence-corrected chi connectivity index (χ0v) is 12.5.